The number of halogens is 1. The average molecular weight is 449 g/mol. The molecular formula is C22H29ClN4O4. The van der Waals surface area contributed by atoms with E-state index in [1.54, 1.807) is 4.90 Å². The van der Waals surface area contributed by atoms with Crippen LogP contribution in [-0.2, 0) is 18.4 Å². The molecule has 1 heterocycles. The first-order valence-electron chi connectivity index (χ1n) is 10.4. The molecule has 0 aliphatic carbocycles. The Morgan fingerprint density at radius 1 is 1.13 bits per heavy atom. The fourth-order valence-corrected chi connectivity index (χ4v) is 3.50. The Balaban J connectivity index is 2.20. The van der Waals surface area contributed by atoms with Crippen molar-refractivity contribution in [2.75, 3.05) is 19.6 Å². The van der Waals surface area contributed by atoms with E-state index in [4.69, 9.17) is 11.6 Å². The number of rotatable bonds is 11. The fraction of sp³-hybridized carbons (Fsp3) is 0.455. The van der Waals surface area contributed by atoms with E-state index in [0.717, 1.165) is 24.6 Å². The molecule has 1 aromatic carbocycles. The monoisotopic (exact) mass is 448 g/mol. The molecule has 0 aliphatic rings. The third-order valence-electron chi connectivity index (χ3n) is 5.04. The van der Waals surface area contributed by atoms with Crippen molar-refractivity contribution in [1.82, 2.24) is 14.4 Å². The molecule has 0 spiro atoms. The number of amides is 2. The number of benzene rings is 1. The van der Waals surface area contributed by atoms with Crippen molar-refractivity contribution < 1.29 is 14.5 Å². The second kappa shape index (κ2) is 11.5. The van der Waals surface area contributed by atoms with Gasteiger partial charge in [-0.25, -0.2) is 0 Å². The number of unbranched alkanes of at least 4 members (excludes halogenated alkanes) is 1. The molecule has 0 saturated heterocycles. The third kappa shape index (κ3) is 6.55. The number of nitro benzene ring substituents is 1. The highest BCUT2D eigenvalue weighted by Crippen LogP contribution is 2.24. The molecule has 1 aromatic heterocycles. The molecule has 0 radical (unpaired) electrons. The molecule has 0 N–H and O–H groups in total. The predicted octanol–water partition coefficient (Wildman–Crippen LogP) is 4.27. The summed E-state index contributed by atoms with van der Waals surface area (Å²) in [6, 6.07) is 7.64. The van der Waals surface area contributed by atoms with Crippen LogP contribution in [0.25, 0.3) is 0 Å². The molecule has 0 fully saturated rings. The third-order valence-corrected chi connectivity index (χ3v) is 5.35. The SMILES string of the molecule is CCCCN(Cc1cccn1C)C(=O)CN(CCC)C(=O)c1ccc([N+](=O)[O-])cc1Cl. The largest absolute Gasteiger partial charge is 0.353 e. The second-order valence-corrected chi connectivity index (χ2v) is 7.83. The molecule has 0 unspecified atom stereocenters. The molecule has 0 aliphatic heterocycles. The van der Waals surface area contributed by atoms with Gasteiger partial charge in [0, 0.05) is 44.2 Å². The van der Waals surface area contributed by atoms with Gasteiger partial charge in [0.2, 0.25) is 5.91 Å². The Kier molecular flexibility index (Phi) is 9.05. The van der Waals surface area contributed by atoms with Crippen molar-refractivity contribution in [3.63, 3.8) is 0 Å². The van der Waals surface area contributed by atoms with E-state index in [1.807, 2.05) is 36.9 Å². The molecule has 2 rings (SSSR count). The molecule has 2 aromatic rings. The number of nitro groups is 1. The van der Waals surface area contributed by atoms with E-state index in [2.05, 4.69) is 6.92 Å². The number of hydrogen-bond acceptors (Lipinski definition) is 4. The number of carbonyl (C=O) groups is 2. The highest BCUT2D eigenvalue weighted by molar-refractivity contribution is 6.34. The van der Waals surface area contributed by atoms with Gasteiger partial charge in [0.15, 0.2) is 0 Å². The van der Waals surface area contributed by atoms with Gasteiger partial charge in [0.1, 0.15) is 6.54 Å². The Labute approximate surface area is 187 Å². The topological polar surface area (TPSA) is 88.7 Å². The number of aromatic nitrogens is 1. The quantitative estimate of drug-likeness (QED) is 0.379. The predicted molar refractivity (Wildman–Crippen MR) is 120 cm³/mol. The number of non-ortho nitro benzene ring substituents is 1. The van der Waals surface area contributed by atoms with E-state index in [-0.39, 0.29) is 28.7 Å². The molecule has 8 nitrogen and oxygen atoms in total. The van der Waals surface area contributed by atoms with Gasteiger partial charge in [-0.15, -0.1) is 0 Å². The van der Waals surface area contributed by atoms with E-state index in [0.29, 0.717) is 26.1 Å². The fourth-order valence-electron chi connectivity index (χ4n) is 3.24. The van der Waals surface area contributed by atoms with Crippen molar-refractivity contribution in [2.45, 2.75) is 39.7 Å². The standard InChI is InChI=1S/C22H29ClN4O4/c1-4-6-13-25(15-18-8-7-12-24(18)3)21(28)16-26(11-5-2)22(29)19-10-9-17(27(30)31)14-20(19)23/h7-10,12,14H,4-6,11,13,15-16H2,1-3H3. The molecule has 9 heteroatoms. The van der Waals surface area contributed by atoms with Crippen molar-refractivity contribution in [2.24, 2.45) is 7.05 Å². The van der Waals surface area contributed by atoms with Gasteiger partial charge in [0.05, 0.1) is 22.1 Å². The molecular weight excluding hydrogens is 420 g/mol. The lowest BCUT2D eigenvalue weighted by Crippen LogP contribution is -2.43. The lowest BCUT2D eigenvalue weighted by Gasteiger charge is -2.28. The van der Waals surface area contributed by atoms with Crippen LogP contribution in [0.2, 0.25) is 5.02 Å². The highest BCUT2D eigenvalue weighted by atomic mass is 35.5. The van der Waals surface area contributed by atoms with E-state index in [9.17, 15) is 19.7 Å². The van der Waals surface area contributed by atoms with Crippen molar-refractivity contribution in [1.29, 1.82) is 0 Å². The van der Waals surface area contributed by atoms with Gasteiger partial charge in [-0.05, 0) is 31.0 Å². The minimum atomic E-state index is -0.567. The van der Waals surface area contributed by atoms with Crippen LogP contribution in [0, 0.1) is 10.1 Å². The zero-order valence-corrected chi connectivity index (χ0v) is 19.0. The molecule has 2 amide bonds. The second-order valence-electron chi connectivity index (χ2n) is 7.43. The molecule has 168 valence electrons. The van der Waals surface area contributed by atoms with E-state index >= 15 is 0 Å². The summed E-state index contributed by atoms with van der Waals surface area (Å²) in [5.41, 5.74) is 0.972. The van der Waals surface area contributed by atoms with Crippen LogP contribution < -0.4 is 0 Å². The van der Waals surface area contributed by atoms with Crippen LogP contribution >= 0.6 is 11.6 Å². The first-order chi connectivity index (χ1) is 14.8. The maximum Gasteiger partial charge on any atom is 0.270 e. The minimum Gasteiger partial charge on any atom is -0.353 e. The zero-order chi connectivity index (χ0) is 23.0. The van der Waals surface area contributed by atoms with Crippen molar-refractivity contribution in [3.05, 3.63) is 62.9 Å². The molecule has 0 bridgehead atoms. The maximum absolute atomic E-state index is 13.1. The lowest BCUT2D eigenvalue weighted by atomic mass is 10.1. The van der Waals surface area contributed by atoms with Crippen LogP contribution in [0.5, 0.6) is 0 Å². The van der Waals surface area contributed by atoms with Crippen LogP contribution in [0.15, 0.2) is 36.5 Å². The smallest absolute Gasteiger partial charge is 0.270 e. The zero-order valence-electron chi connectivity index (χ0n) is 18.2. The van der Waals surface area contributed by atoms with E-state index < -0.39 is 10.8 Å². The van der Waals surface area contributed by atoms with Gasteiger partial charge in [-0.1, -0.05) is 31.9 Å². The number of aryl methyl sites for hydroxylation is 1. The van der Waals surface area contributed by atoms with Crippen LogP contribution in [0.4, 0.5) is 5.69 Å². The Morgan fingerprint density at radius 2 is 1.87 bits per heavy atom. The summed E-state index contributed by atoms with van der Waals surface area (Å²) in [5.74, 6) is -0.557. The van der Waals surface area contributed by atoms with Crippen LogP contribution in [-0.4, -0.2) is 50.7 Å². The first-order valence-corrected chi connectivity index (χ1v) is 10.8. The van der Waals surface area contributed by atoms with Crippen molar-refractivity contribution >= 4 is 29.1 Å². The lowest BCUT2D eigenvalue weighted by molar-refractivity contribution is -0.384. The Morgan fingerprint density at radius 3 is 2.42 bits per heavy atom. The van der Waals surface area contributed by atoms with Gasteiger partial charge >= 0.3 is 0 Å². The summed E-state index contributed by atoms with van der Waals surface area (Å²) in [6.07, 6.45) is 4.41. The average Bonchev–Trinajstić information content (AvgIpc) is 3.14. The Bertz CT molecular complexity index is 928. The van der Waals surface area contributed by atoms with Gasteiger partial charge in [-0.3, -0.25) is 19.7 Å². The summed E-state index contributed by atoms with van der Waals surface area (Å²) in [5, 5.41) is 10.9. The van der Waals surface area contributed by atoms with Gasteiger partial charge < -0.3 is 14.4 Å². The van der Waals surface area contributed by atoms with Crippen LogP contribution in [0.1, 0.15) is 49.2 Å². The van der Waals surface area contributed by atoms with E-state index in [1.165, 1.54) is 17.0 Å². The van der Waals surface area contributed by atoms with Gasteiger partial charge in [0.25, 0.3) is 11.6 Å². The summed E-state index contributed by atoms with van der Waals surface area (Å²) in [4.78, 5) is 39.8. The molecule has 31 heavy (non-hydrogen) atoms. The minimum absolute atomic E-state index is 0.000554. The molecule has 0 saturated carbocycles. The highest BCUT2D eigenvalue weighted by Gasteiger charge is 2.24. The van der Waals surface area contributed by atoms with Crippen molar-refractivity contribution in [3.8, 4) is 0 Å². The molecule has 0 atom stereocenters. The summed E-state index contributed by atoms with van der Waals surface area (Å²) in [7, 11) is 1.93. The number of carbonyl (C=O) groups excluding carboxylic acids is 2. The maximum atomic E-state index is 13.1. The summed E-state index contributed by atoms with van der Waals surface area (Å²) in [6.45, 7) is 5.36. The summed E-state index contributed by atoms with van der Waals surface area (Å²) >= 11 is 6.14. The summed E-state index contributed by atoms with van der Waals surface area (Å²) < 4.78 is 1.97. The number of nitrogens with zero attached hydrogens (tertiary/aromatic N) is 4. The number of hydrogen-bond donors (Lipinski definition) is 0. The Hall–Kier alpha value is -2.87. The van der Waals surface area contributed by atoms with Gasteiger partial charge in [-0.2, -0.15) is 0 Å². The van der Waals surface area contributed by atoms with Crippen LogP contribution in [0.3, 0.4) is 0 Å². The normalized spacial score (nSPS) is 10.7. The first kappa shape index (κ1) is 24.4.